The fourth-order valence-corrected chi connectivity index (χ4v) is 2.71. The predicted octanol–water partition coefficient (Wildman–Crippen LogP) is 1.96. The Hall–Kier alpha value is -4.15. The zero-order valence-electron chi connectivity index (χ0n) is 15.4. The van der Waals surface area contributed by atoms with E-state index < -0.39 is 16.9 Å². The minimum atomic E-state index is -0.891. The van der Waals surface area contributed by atoms with Crippen LogP contribution in [0.3, 0.4) is 0 Å². The Morgan fingerprint density at radius 2 is 1.90 bits per heavy atom. The fraction of sp³-hybridized carbons (Fsp3) is 0.167. The van der Waals surface area contributed by atoms with Crippen molar-refractivity contribution in [1.29, 1.82) is 0 Å². The van der Waals surface area contributed by atoms with Crippen LogP contribution in [-0.4, -0.2) is 37.6 Å². The molecule has 0 unspecified atom stereocenters. The number of nitrogens with zero attached hydrogens (tertiary/aromatic N) is 4. The average Bonchev–Trinajstić information content (AvgIpc) is 3.36. The second kappa shape index (κ2) is 8.69. The number of ether oxygens (including phenoxy) is 1. The molecule has 2 heterocycles. The van der Waals surface area contributed by atoms with E-state index in [2.05, 4.69) is 15.8 Å². The first-order chi connectivity index (χ1) is 14.0. The number of nitrogens with one attached hydrogen (secondary N) is 2. The van der Waals surface area contributed by atoms with Gasteiger partial charge in [-0.2, -0.15) is 0 Å². The maximum atomic E-state index is 12.4. The molecule has 0 atom stereocenters. The molecule has 0 saturated heterocycles. The third-order valence-electron chi connectivity index (χ3n) is 4.08. The Morgan fingerprint density at radius 1 is 1.17 bits per heavy atom. The minimum absolute atomic E-state index is 0.0555. The number of carbonyl (C=O) groups excluding carboxylic acids is 2. The monoisotopic (exact) mass is 398 g/mol. The SMILES string of the molecule is Cc1ncc([N+](=O)[O-])n1CCOC(=O)NNC(=O)c1ccccc1-n1cccc1. The van der Waals surface area contributed by atoms with Gasteiger partial charge in [-0.25, -0.2) is 19.8 Å². The summed E-state index contributed by atoms with van der Waals surface area (Å²) in [5.41, 5.74) is 5.44. The molecule has 0 fully saturated rings. The summed E-state index contributed by atoms with van der Waals surface area (Å²) in [5, 5.41) is 10.9. The molecule has 1 aromatic carbocycles. The molecule has 0 saturated carbocycles. The summed E-state index contributed by atoms with van der Waals surface area (Å²) >= 11 is 0. The van der Waals surface area contributed by atoms with Gasteiger partial charge >= 0.3 is 11.9 Å². The summed E-state index contributed by atoms with van der Waals surface area (Å²) in [6.45, 7) is 1.52. The number of carbonyl (C=O) groups is 2. The van der Waals surface area contributed by atoms with Crippen molar-refractivity contribution in [2.24, 2.45) is 0 Å². The molecule has 0 spiro atoms. The average molecular weight is 398 g/mol. The van der Waals surface area contributed by atoms with Crippen LogP contribution in [0.15, 0.2) is 55.0 Å². The summed E-state index contributed by atoms with van der Waals surface area (Å²) in [6.07, 6.45) is 3.84. The van der Waals surface area contributed by atoms with Crippen molar-refractivity contribution in [2.45, 2.75) is 13.5 Å². The summed E-state index contributed by atoms with van der Waals surface area (Å²) in [6, 6.07) is 10.6. The van der Waals surface area contributed by atoms with Crippen molar-refractivity contribution in [3.05, 3.63) is 76.5 Å². The third-order valence-corrected chi connectivity index (χ3v) is 4.08. The molecule has 0 aliphatic carbocycles. The molecular formula is C18H18N6O5. The van der Waals surface area contributed by atoms with Gasteiger partial charge in [0.2, 0.25) is 0 Å². The summed E-state index contributed by atoms with van der Waals surface area (Å²) in [4.78, 5) is 38.5. The van der Waals surface area contributed by atoms with Gasteiger partial charge in [0.1, 0.15) is 19.3 Å². The van der Waals surface area contributed by atoms with E-state index in [-0.39, 0.29) is 19.0 Å². The van der Waals surface area contributed by atoms with Crippen molar-refractivity contribution in [2.75, 3.05) is 6.61 Å². The summed E-state index contributed by atoms with van der Waals surface area (Å²) < 4.78 is 8.04. The van der Waals surface area contributed by atoms with Crippen LogP contribution in [0.1, 0.15) is 16.2 Å². The van der Waals surface area contributed by atoms with E-state index in [9.17, 15) is 19.7 Å². The zero-order valence-corrected chi connectivity index (χ0v) is 15.4. The molecule has 0 aliphatic heterocycles. The molecule has 0 radical (unpaired) electrons. The number of nitro groups is 1. The number of benzene rings is 1. The number of para-hydroxylation sites is 1. The van der Waals surface area contributed by atoms with Gasteiger partial charge in [-0.3, -0.25) is 10.2 Å². The molecular weight excluding hydrogens is 380 g/mol. The van der Waals surface area contributed by atoms with Gasteiger partial charge in [0.05, 0.1) is 11.3 Å². The Morgan fingerprint density at radius 3 is 2.62 bits per heavy atom. The predicted molar refractivity (Wildman–Crippen MR) is 101 cm³/mol. The summed E-state index contributed by atoms with van der Waals surface area (Å²) in [7, 11) is 0. The number of hydrogen-bond donors (Lipinski definition) is 2. The second-order valence-electron chi connectivity index (χ2n) is 5.89. The van der Waals surface area contributed by atoms with E-state index in [1.807, 2.05) is 12.1 Å². The first kappa shape index (κ1) is 19.6. The topological polar surface area (TPSA) is 133 Å². The van der Waals surface area contributed by atoms with Crippen LogP contribution in [0.4, 0.5) is 10.6 Å². The van der Waals surface area contributed by atoms with Crippen molar-refractivity contribution in [3.63, 3.8) is 0 Å². The number of amides is 2. The molecule has 150 valence electrons. The highest BCUT2D eigenvalue weighted by Gasteiger charge is 2.18. The van der Waals surface area contributed by atoms with Crippen LogP contribution >= 0.6 is 0 Å². The van der Waals surface area contributed by atoms with E-state index in [0.717, 1.165) is 6.20 Å². The van der Waals surface area contributed by atoms with Crippen molar-refractivity contribution in [1.82, 2.24) is 25.0 Å². The molecule has 2 aromatic heterocycles. The highest BCUT2D eigenvalue weighted by molar-refractivity contribution is 5.98. The van der Waals surface area contributed by atoms with Gasteiger partial charge in [-0.05, 0) is 29.2 Å². The molecule has 29 heavy (non-hydrogen) atoms. The lowest BCUT2D eigenvalue weighted by Crippen LogP contribution is -2.42. The molecule has 2 N–H and O–H groups in total. The Kier molecular flexibility index (Phi) is 5.88. The second-order valence-corrected chi connectivity index (χ2v) is 5.89. The largest absolute Gasteiger partial charge is 0.444 e. The van der Waals surface area contributed by atoms with E-state index in [0.29, 0.717) is 17.1 Å². The normalized spacial score (nSPS) is 10.4. The van der Waals surface area contributed by atoms with Gasteiger partial charge in [0.15, 0.2) is 5.82 Å². The van der Waals surface area contributed by atoms with Gasteiger partial charge in [-0.15, -0.1) is 0 Å². The number of aromatic nitrogens is 3. The molecule has 11 nitrogen and oxygen atoms in total. The van der Waals surface area contributed by atoms with Crippen LogP contribution in [0.2, 0.25) is 0 Å². The number of aryl methyl sites for hydroxylation is 1. The quantitative estimate of drug-likeness (QED) is 0.482. The maximum absolute atomic E-state index is 12.4. The zero-order chi connectivity index (χ0) is 20.8. The van der Waals surface area contributed by atoms with E-state index >= 15 is 0 Å². The summed E-state index contributed by atoms with van der Waals surface area (Å²) in [5.74, 6) is -0.288. The van der Waals surface area contributed by atoms with Crippen LogP contribution in [0.5, 0.6) is 0 Å². The van der Waals surface area contributed by atoms with Gasteiger partial charge in [0.25, 0.3) is 5.91 Å². The van der Waals surface area contributed by atoms with E-state index in [1.165, 1.54) is 4.57 Å². The van der Waals surface area contributed by atoms with Gasteiger partial charge in [-0.1, -0.05) is 12.1 Å². The van der Waals surface area contributed by atoms with Crippen LogP contribution in [0, 0.1) is 17.0 Å². The van der Waals surface area contributed by atoms with Crippen LogP contribution in [0.25, 0.3) is 5.69 Å². The van der Waals surface area contributed by atoms with Crippen molar-refractivity contribution in [3.8, 4) is 5.69 Å². The minimum Gasteiger partial charge on any atom is -0.444 e. The lowest BCUT2D eigenvalue weighted by Gasteiger charge is -2.12. The third kappa shape index (κ3) is 4.58. The molecule has 11 heteroatoms. The molecule has 0 bridgehead atoms. The van der Waals surface area contributed by atoms with Crippen molar-refractivity contribution < 1.29 is 19.2 Å². The lowest BCUT2D eigenvalue weighted by atomic mass is 10.1. The van der Waals surface area contributed by atoms with Crippen LogP contribution in [-0.2, 0) is 11.3 Å². The molecule has 2 amide bonds. The smallest absolute Gasteiger partial charge is 0.426 e. The maximum Gasteiger partial charge on any atom is 0.426 e. The van der Waals surface area contributed by atoms with E-state index in [4.69, 9.17) is 4.74 Å². The highest BCUT2D eigenvalue weighted by Crippen LogP contribution is 2.15. The Bertz CT molecular complexity index is 1030. The van der Waals surface area contributed by atoms with E-state index in [1.54, 1.807) is 48.1 Å². The first-order valence-electron chi connectivity index (χ1n) is 8.59. The van der Waals surface area contributed by atoms with Crippen molar-refractivity contribution >= 4 is 17.8 Å². The number of rotatable bonds is 6. The molecule has 3 aromatic rings. The van der Waals surface area contributed by atoms with Crippen LogP contribution < -0.4 is 10.9 Å². The number of hydrogen-bond acceptors (Lipinski definition) is 6. The lowest BCUT2D eigenvalue weighted by molar-refractivity contribution is -0.392. The number of imidazole rings is 1. The van der Waals surface area contributed by atoms with Gasteiger partial charge in [0, 0.05) is 19.3 Å². The highest BCUT2D eigenvalue weighted by atomic mass is 16.6. The van der Waals surface area contributed by atoms with Gasteiger partial charge < -0.3 is 19.4 Å². The fourth-order valence-electron chi connectivity index (χ4n) is 2.71. The number of hydrazine groups is 1. The molecule has 0 aliphatic rings. The first-order valence-corrected chi connectivity index (χ1v) is 8.59. The standard InChI is InChI=1S/C18H18N6O5/c1-13-19-12-16(24(27)28)23(13)10-11-29-18(26)21-20-17(25)14-6-2-3-7-15(14)22-8-4-5-9-22/h2-9,12H,10-11H2,1H3,(H,20,25)(H,21,26). The Balaban J connectivity index is 1.52. The Labute approximate surface area is 165 Å². The molecule has 3 rings (SSSR count).